The van der Waals surface area contributed by atoms with E-state index < -0.39 is 12.1 Å². The first-order chi connectivity index (χ1) is 11.5. The van der Waals surface area contributed by atoms with Crippen LogP contribution in [0.4, 0.5) is 0 Å². The summed E-state index contributed by atoms with van der Waals surface area (Å²) < 4.78 is 5.78. The lowest BCUT2D eigenvalue weighted by molar-refractivity contribution is -0.145. The van der Waals surface area contributed by atoms with Gasteiger partial charge in [-0.2, -0.15) is 0 Å². The molecule has 0 fully saturated rings. The Bertz CT molecular complexity index is 883. The number of ether oxygens (including phenoxy) is 1. The third-order valence-electron chi connectivity index (χ3n) is 4.40. The number of carbonyl (C=O) groups is 1. The van der Waals surface area contributed by atoms with E-state index in [4.69, 9.17) is 4.74 Å². The molecule has 3 aromatic rings. The second-order valence-corrected chi connectivity index (χ2v) is 6.02. The monoisotopic (exact) mass is 320 g/mol. The standard InChI is InChI=1S/C21H20O3/c1-14-6-5-9-17(15(14)2)13-20(21(22)23)24-19-11-10-16-7-3-4-8-18(16)12-19/h3-12,20H,13H2,1-2H3,(H,22,23). The minimum absolute atomic E-state index is 0.343. The maximum absolute atomic E-state index is 11.6. The molecule has 3 aromatic carbocycles. The molecular weight excluding hydrogens is 300 g/mol. The Balaban J connectivity index is 1.85. The molecule has 122 valence electrons. The van der Waals surface area contributed by atoms with Gasteiger partial charge in [-0.25, -0.2) is 4.79 Å². The third-order valence-corrected chi connectivity index (χ3v) is 4.40. The van der Waals surface area contributed by atoms with Crippen molar-refractivity contribution in [1.29, 1.82) is 0 Å². The molecule has 0 amide bonds. The van der Waals surface area contributed by atoms with Gasteiger partial charge in [-0.3, -0.25) is 0 Å². The van der Waals surface area contributed by atoms with E-state index in [-0.39, 0.29) is 0 Å². The van der Waals surface area contributed by atoms with Crippen LogP contribution in [0.2, 0.25) is 0 Å². The Kier molecular flexibility index (Phi) is 4.52. The highest BCUT2D eigenvalue weighted by Crippen LogP contribution is 2.23. The predicted molar refractivity (Wildman–Crippen MR) is 95.6 cm³/mol. The highest BCUT2D eigenvalue weighted by Gasteiger charge is 2.21. The van der Waals surface area contributed by atoms with Crippen molar-refractivity contribution in [3.8, 4) is 5.75 Å². The van der Waals surface area contributed by atoms with Gasteiger partial charge in [-0.05, 0) is 53.4 Å². The lowest BCUT2D eigenvalue weighted by atomic mass is 9.98. The fourth-order valence-corrected chi connectivity index (χ4v) is 2.82. The van der Waals surface area contributed by atoms with Crippen LogP contribution in [-0.2, 0) is 11.2 Å². The van der Waals surface area contributed by atoms with Gasteiger partial charge in [0.05, 0.1) is 0 Å². The molecule has 0 aliphatic carbocycles. The van der Waals surface area contributed by atoms with Crippen molar-refractivity contribution < 1.29 is 14.6 Å². The van der Waals surface area contributed by atoms with Crippen LogP contribution in [0.1, 0.15) is 16.7 Å². The number of hydrogen-bond donors (Lipinski definition) is 1. The molecule has 0 spiro atoms. The Morgan fingerprint density at radius 3 is 2.50 bits per heavy atom. The maximum atomic E-state index is 11.6. The van der Waals surface area contributed by atoms with Crippen LogP contribution in [0.5, 0.6) is 5.75 Å². The Hall–Kier alpha value is -2.81. The zero-order chi connectivity index (χ0) is 17.1. The number of carboxylic acid groups (broad SMARTS) is 1. The molecule has 1 unspecified atom stereocenters. The van der Waals surface area contributed by atoms with Gasteiger partial charge in [0, 0.05) is 6.42 Å². The smallest absolute Gasteiger partial charge is 0.345 e. The molecule has 0 aromatic heterocycles. The third kappa shape index (κ3) is 3.40. The highest BCUT2D eigenvalue weighted by atomic mass is 16.5. The first kappa shape index (κ1) is 16.1. The number of hydrogen-bond acceptors (Lipinski definition) is 2. The van der Waals surface area contributed by atoms with E-state index >= 15 is 0 Å². The highest BCUT2D eigenvalue weighted by molar-refractivity contribution is 5.84. The van der Waals surface area contributed by atoms with Crippen molar-refractivity contribution >= 4 is 16.7 Å². The molecule has 0 aliphatic rings. The van der Waals surface area contributed by atoms with Crippen LogP contribution < -0.4 is 4.74 Å². The Morgan fingerprint density at radius 2 is 1.75 bits per heavy atom. The van der Waals surface area contributed by atoms with E-state index in [1.54, 1.807) is 0 Å². The average molecular weight is 320 g/mol. The largest absolute Gasteiger partial charge is 0.478 e. The molecule has 1 N–H and O–H groups in total. The summed E-state index contributed by atoms with van der Waals surface area (Å²) in [5.74, 6) is -0.379. The summed E-state index contributed by atoms with van der Waals surface area (Å²) in [5.41, 5.74) is 3.27. The summed E-state index contributed by atoms with van der Waals surface area (Å²) in [6.45, 7) is 4.04. The molecule has 0 saturated carbocycles. The number of fused-ring (bicyclic) bond motifs is 1. The minimum Gasteiger partial charge on any atom is -0.478 e. The van der Waals surface area contributed by atoms with Crippen molar-refractivity contribution in [3.05, 3.63) is 77.4 Å². The van der Waals surface area contributed by atoms with Crippen molar-refractivity contribution in [2.75, 3.05) is 0 Å². The van der Waals surface area contributed by atoms with Gasteiger partial charge in [-0.15, -0.1) is 0 Å². The lowest BCUT2D eigenvalue weighted by Crippen LogP contribution is -2.29. The van der Waals surface area contributed by atoms with Crippen molar-refractivity contribution in [2.45, 2.75) is 26.4 Å². The fraction of sp³-hybridized carbons (Fsp3) is 0.190. The summed E-state index contributed by atoms with van der Waals surface area (Å²) in [6.07, 6.45) is -0.568. The summed E-state index contributed by atoms with van der Waals surface area (Å²) in [7, 11) is 0. The first-order valence-electron chi connectivity index (χ1n) is 7.98. The van der Waals surface area contributed by atoms with Gasteiger partial charge in [0.25, 0.3) is 0 Å². The summed E-state index contributed by atoms with van der Waals surface area (Å²) in [5, 5.41) is 11.7. The SMILES string of the molecule is Cc1cccc(CC(Oc2ccc3ccccc3c2)C(=O)O)c1C. The molecule has 0 saturated heterocycles. The zero-order valence-corrected chi connectivity index (χ0v) is 13.8. The lowest BCUT2D eigenvalue weighted by Gasteiger charge is -2.17. The van der Waals surface area contributed by atoms with Crippen molar-refractivity contribution in [3.63, 3.8) is 0 Å². The first-order valence-corrected chi connectivity index (χ1v) is 7.98. The minimum atomic E-state index is -0.955. The van der Waals surface area contributed by atoms with Crippen molar-refractivity contribution in [1.82, 2.24) is 0 Å². The summed E-state index contributed by atoms with van der Waals surface area (Å²) in [6, 6.07) is 19.5. The van der Waals surface area contributed by atoms with Crippen LogP contribution in [0.25, 0.3) is 10.8 Å². The average Bonchev–Trinajstić information content (AvgIpc) is 2.58. The second-order valence-electron chi connectivity index (χ2n) is 6.02. The fourth-order valence-electron chi connectivity index (χ4n) is 2.82. The van der Waals surface area contributed by atoms with E-state index in [1.807, 2.05) is 74.5 Å². The van der Waals surface area contributed by atoms with E-state index in [9.17, 15) is 9.90 Å². The van der Waals surface area contributed by atoms with Gasteiger partial charge in [0.1, 0.15) is 5.75 Å². The maximum Gasteiger partial charge on any atom is 0.345 e. The molecule has 24 heavy (non-hydrogen) atoms. The number of rotatable bonds is 5. The van der Waals surface area contributed by atoms with E-state index in [2.05, 4.69) is 0 Å². The van der Waals surface area contributed by atoms with Gasteiger partial charge in [0.15, 0.2) is 6.10 Å². The quantitative estimate of drug-likeness (QED) is 0.751. The molecule has 3 nitrogen and oxygen atoms in total. The number of carboxylic acids is 1. The molecule has 0 heterocycles. The Morgan fingerprint density at radius 1 is 1.00 bits per heavy atom. The van der Waals surface area contributed by atoms with E-state index in [0.29, 0.717) is 12.2 Å². The molecule has 0 aliphatic heterocycles. The van der Waals surface area contributed by atoms with Crippen LogP contribution >= 0.6 is 0 Å². The van der Waals surface area contributed by atoms with Gasteiger partial charge >= 0.3 is 5.97 Å². The van der Waals surface area contributed by atoms with Crippen LogP contribution in [0.3, 0.4) is 0 Å². The molecule has 1 atom stereocenters. The molecule has 0 bridgehead atoms. The van der Waals surface area contributed by atoms with Crippen LogP contribution in [-0.4, -0.2) is 17.2 Å². The predicted octanol–water partition coefficient (Wildman–Crippen LogP) is 4.53. The van der Waals surface area contributed by atoms with Crippen LogP contribution in [0, 0.1) is 13.8 Å². The Labute approximate surface area is 141 Å². The summed E-state index contributed by atoms with van der Waals surface area (Å²) >= 11 is 0. The normalized spacial score (nSPS) is 12.1. The number of aliphatic carboxylic acids is 1. The molecule has 3 rings (SSSR count). The number of benzene rings is 3. The molecule has 0 radical (unpaired) electrons. The summed E-state index contributed by atoms with van der Waals surface area (Å²) in [4.78, 5) is 11.6. The topological polar surface area (TPSA) is 46.5 Å². The van der Waals surface area contributed by atoms with E-state index in [1.165, 1.54) is 0 Å². The molecule has 3 heteroatoms. The van der Waals surface area contributed by atoms with Crippen molar-refractivity contribution in [2.24, 2.45) is 0 Å². The van der Waals surface area contributed by atoms with Gasteiger partial charge in [0.2, 0.25) is 0 Å². The van der Waals surface area contributed by atoms with E-state index in [0.717, 1.165) is 27.5 Å². The van der Waals surface area contributed by atoms with Gasteiger partial charge in [-0.1, -0.05) is 48.5 Å². The zero-order valence-electron chi connectivity index (χ0n) is 13.8. The van der Waals surface area contributed by atoms with Crippen LogP contribution in [0.15, 0.2) is 60.7 Å². The number of aryl methyl sites for hydroxylation is 1. The second kappa shape index (κ2) is 6.75. The molecular formula is C21H20O3. The van der Waals surface area contributed by atoms with Gasteiger partial charge < -0.3 is 9.84 Å².